The molecule has 0 saturated heterocycles. The van der Waals surface area contributed by atoms with Crippen LogP contribution in [-0.4, -0.2) is 18.7 Å². The van der Waals surface area contributed by atoms with Gasteiger partial charge in [-0.1, -0.05) is 12.1 Å². The summed E-state index contributed by atoms with van der Waals surface area (Å²) in [5, 5.41) is 0. The van der Waals surface area contributed by atoms with Crippen LogP contribution in [-0.2, 0) is 0 Å². The average molecular weight is 251 g/mol. The molecule has 1 aromatic carbocycles. The van der Waals surface area contributed by atoms with Crippen molar-refractivity contribution in [2.24, 2.45) is 0 Å². The van der Waals surface area contributed by atoms with Crippen molar-refractivity contribution >= 4 is 11.6 Å². The third-order valence-corrected chi connectivity index (χ3v) is 3.23. The number of ether oxygens (including phenoxy) is 1. The highest BCUT2D eigenvalue weighted by molar-refractivity contribution is 6.27. The zero-order chi connectivity index (χ0) is 13.4. The first-order chi connectivity index (χ1) is 9.22. The van der Waals surface area contributed by atoms with Gasteiger partial charge >= 0.3 is 0 Å². The molecule has 1 aromatic rings. The summed E-state index contributed by atoms with van der Waals surface area (Å²) in [6.07, 6.45) is 8.72. The molecule has 0 N–H and O–H groups in total. The van der Waals surface area contributed by atoms with Crippen molar-refractivity contribution in [2.45, 2.75) is 0 Å². The Morgan fingerprint density at radius 1 is 1.05 bits per heavy atom. The van der Waals surface area contributed by atoms with Crippen molar-refractivity contribution in [3.05, 3.63) is 72.6 Å². The Morgan fingerprint density at radius 2 is 1.79 bits per heavy atom. The van der Waals surface area contributed by atoms with Gasteiger partial charge in [0.25, 0.3) is 0 Å². The van der Waals surface area contributed by atoms with Gasteiger partial charge in [-0.25, -0.2) is 0 Å². The molecule has 5 radical (unpaired) electrons. The number of allylic oxidation sites excluding steroid dienone is 2. The van der Waals surface area contributed by atoms with Crippen LogP contribution >= 0.6 is 0 Å². The molecule has 2 aliphatic rings. The molecular formula is C16H11O3. The van der Waals surface area contributed by atoms with Gasteiger partial charge in [0.05, 0.1) is 12.7 Å². The third-order valence-electron chi connectivity index (χ3n) is 3.23. The smallest absolute Gasteiger partial charge is 0.190 e. The lowest BCUT2D eigenvalue weighted by Gasteiger charge is -2.20. The number of Topliss-reactive ketones (excluding diaryl/α,β-unsaturated/α-hetero) is 1. The van der Waals surface area contributed by atoms with Gasteiger partial charge in [0.1, 0.15) is 5.75 Å². The monoisotopic (exact) mass is 251 g/mol. The molecule has 0 amide bonds. The van der Waals surface area contributed by atoms with Crippen LogP contribution in [0.25, 0.3) is 0 Å². The van der Waals surface area contributed by atoms with Crippen LogP contribution in [0.1, 0.15) is 20.7 Å². The first-order valence-electron chi connectivity index (χ1n) is 5.92. The van der Waals surface area contributed by atoms with E-state index in [1.807, 2.05) is 25.7 Å². The molecule has 0 spiro atoms. The molecule has 0 unspecified atom stereocenters. The molecule has 0 aromatic heterocycles. The fourth-order valence-corrected chi connectivity index (χ4v) is 2.33. The molecule has 0 heterocycles. The fraction of sp³-hybridized carbons (Fsp3) is 0.0625. The second-order valence-corrected chi connectivity index (χ2v) is 4.31. The van der Waals surface area contributed by atoms with Crippen molar-refractivity contribution in [1.29, 1.82) is 0 Å². The third kappa shape index (κ3) is 1.89. The molecule has 0 bridgehead atoms. The van der Waals surface area contributed by atoms with Crippen LogP contribution in [0.4, 0.5) is 0 Å². The first-order valence-corrected chi connectivity index (χ1v) is 5.92. The van der Waals surface area contributed by atoms with Crippen LogP contribution in [0.2, 0.25) is 0 Å². The van der Waals surface area contributed by atoms with E-state index in [0.717, 1.165) is 5.92 Å². The molecule has 3 nitrogen and oxygen atoms in total. The lowest BCUT2D eigenvalue weighted by molar-refractivity contribution is 0.0982. The summed E-state index contributed by atoms with van der Waals surface area (Å²) < 4.78 is 5.15. The van der Waals surface area contributed by atoms with Gasteiger partial charge in [0, 0.05) is 17.1 Å². The Labute approximate surface area is 112 Å². The van der Waals surface area contributed by atoms with Gasteiger partial charge in [-0.05, 0) is 37.8 Å². The van der Waals surface area contributed by atoms with Crippen LogP contribution < -0.4 is 4.74 Å². The zero-order valence-corrected chi connectivity index (χ0v) is 10.3. The van der Waals surface area contributed by atoms with E-state index < -0.39 is 0 Å². The average Bonchev–Trinajstić information content (AvgIpc) is 2.96. The molecule has 1 fully saturated rings. The van der Waals surface area contributed by atoms with E-state index in [-0.39, 0.29) is 11.6 Å². The summed E-state index contributed by atoms with van der Waals surface area (Å²) in [7, 11) is 1.49. The van der Waals surface area contributed by atoms with E-state index >= 15 is 0 Å². The minimum absolute atomic E-state index is 0.139. The molecule has 3 heteroatoms. The number of hydrogen-bond donors (Lipinski definition) is 0. The normalized spacial score (nSPS) is 19.3. The number of hydrogen-bond acceptors (Lipinski definition) is 3. The lowest BCUT2D eigenvalue weighted by Crippen LogP contribution is -2.21. The first kappa shape index (κ1) is 12.2. The maximum Gasteiger partial charge on any atom is 0.190 e. The van der Waals surface area contributed by atoms with Crippen molar-refractivity contribution in [1.82, 2.24) is 0 Å². The molecule has 93 valence electrons. The van der Waals surface area contributed by atoms with Crippen molar-refractivity contribution < 1.29 is 14.3 Å². The van der Waals surface area contributed by atoms with Crippen LogP contribution in [0.3, 0.4) is 0 Å². The molecule has 2 aliphatic carbocycles. The maximum atomic E-state index is 12.5. The fourth-order valence-electron chi connectivity index (χ4n) is 2.33. The Kier molecular flexibility index (Phi) is 2.97. The summed E-state index contributed by atoms with van der Waals surface area (Å²) in [5.74, 6) is 0.878. The van der Waals surface area contributed by atoms with Crippen molar-refractivity contribution in [3.63, 3.8) is 0 Å². The largest absolute Gasteiger partial charge is 0.496 e. The minimum atomic E-state index is -0.191. The molecule has 3 rings (SSSR count). The Balaban J connectivity index is 2.07. The number of carbonyl (C=O) groups is 2. The van der Waals surface area contributed by atoms with E-state index in [9.17, 15) is 9.59 Å². The number of benzene rings is 1. The highest BCUT2D eigenvalue weighted by Crippen LogP contribution is 2.37. The number of fused-ring (bicyclic) bond motifs is 1. The highest BCUT2D eigenvalue weighted by atomic mass is 16.5. The highest BCUT2D eigenvalue weighted by Gasteiger charge is 2.33. The lowest BCUT2D eigenvalue weighted by atomic mass is 9.82. The van der Waals surface area contributed by atoms with Gasteiger partial charge in [-0.2, -0.15) is 0 Å². The molecule has 1 saturated carbocycles. The van der Waals surface area contributed by atoms with E-state index in [2.05, 4.69) is 0 Å². The van der Waals surface area contributed by atoms with E-state index in [1.165, 1.54) is 13.2 Å². The van der Waals surface area contributed by atoms with E-state index in [0.29, 0.717) is 22.4 Å². The molecule has 0 atom stereocenters. The quantitative estimate of drug-likeness (QED) is 0.810. The molecule has 0 aliphatic heterocycles. The number of methoxy groups -OCH3 is 1. The van der Waals surface area contributed by atoms with E-state index in [1.54, 1.807) is 18.2 Å². The summed E-state index contributed by atoms with van der Waals surface area (Å²) in [6, 6.07) is 5.07. The summed E-state index contributed by atoms with van der Waals surface area (Å²) in [6.45, 7) is 0. The van der Waals surface area contributed by atoms with E-state index in [4.69, 9.17) is 4.74 Å². The Bertz CT molecular complexity index is 578. The van der Waals surface area contributed by atoms with Gasteiger partial charge in [-0.15, -0.1) is 0 Å². The zero-order valence-electron chi connectivity index (χ0n) is 10.3. The predicted octanol–water partition coefficient (Wildman–Crippen LogP) is 2.41. The Hall–Kier alpha value is -1.90. The molecule has 19 heavy (non-hydrogen) atoms. The Morgan fingerprint density at radius 3 is 2.47 bits per heavy atom. The predicted molar refractivity (Wildman–Crippen MR) is 70.2 cm³/mol. The number of rotatable bonds is 2. The van der Waals surface area contributed by atoms with Gasteiger partial charge in [-0.3, -0.25) is 9.59 Å². The van der Waals surface area contributed by atoms with Gasteiger partial charge in [0.15, 0.2) is 11.6 Å². The second-order valence-electron chi connectivity index (χ2n) is 4.31. The van der Waals surface area contributed by atoms with Crippen molar-refractivity contribution in [3.8, 4) is 5.75 Å². The maximum absolute atomic E-state index is 12.5. The molecular weight excluding hydrogens is 240 g/mol. The van der Waals surface area contributed by atoms with Gasteiger partial charge in [0.2, 0.25) is 0 Å². The van der Waals surface area contributed by atoms with Gasteiger partial charge < -0.3 is 4.74 Å². The summed E-state index contributed by atoms with van der Waals surface area (Å²) in [5.41, 5.74) is 1.20. The number of carbonyl (C=O) groups excluding carboxylic acids is 2. The van der Waals surface area contributed by atoms with Crippen LogP contribution in [0.15, 0.2) is 29.8 Å². The number of ketones is 2. The van der Waals surface area contributed by atoms with Crippen LogP contribution in [0.5, 0.6) is 5.75 Å². The standard InChI is InChI=1S/C16H11O3/c1-19-14-8-4-7-11-15(14)13(17)9-12(16(11)18)10-5-2-3-6-10/h2-9H,1H3. The second kappa shape index (κ2) is 4.65. The topological polar surface area (TPSA) is 43.4 Å². The van der Waals surface area contributed by atoms with Crippen LogP contribution in [0, 0.1) is 31.6 Å². The SMILES string of the molecule is COc1cccc2c1C(=O)C=C([C]1[CH][CH][CH][CH]1)C2=O. The summed E-state index contributed by atoms with van der Waals surface area (Å²) >= 11 is 0. The summed E-state index contributed by atoms with van der Waals surface area (Å²) in [4.78, 5) is 24.7. The van der Waals surface area contributed by atoms with Crippen molar-refractivity contribution in [2.75, 3.05) is 7.11 Å². The minimum Gasteiger partial charge on any atom is -0.496 e.